The van der Waals surface area contributed by atoms with Crippen molar-refractivity contribution in [2.24, 2.45) is 0 Å². The molecule has 1 atom stereocenters. The molecular weight excluding hydrogens is 296 g/mol. The van der Waals surface area contributed by atoms with E-state index in [0.29, 0.717) is 36.1 Å². The minimum Gasteiger partial charge on any atom is -0.482 e. The van der Waals surface area contributed by atoms with Crippen LogP contribution in [0.15, 0.2) is 28.8 Å². The summed E-state index contributed by atoms with van der Waals surface area (Å²) >= 11 is 0. The third-order valence-corrected chi connectivity index (χ3v) is 3.79. The van der Waals surface area contributed by atoms with Crippen LogP contribution in [0.5, 0.6) is 5.75 Å². The second kappa shape index (κ2) is 6.48. The molecule has 0 radical (unpaired) electrons. The number of benzene rings is 1. The highest BCUT2D eigenvalue weighted by Crippen LogP contribution is 2.26. The Morgan fingerprint density at radius 3 is 3.09 bits per heavy atom. The first kappa shape index (κ1) is 15.0. The first-order valence-corrected chi connectivity index (χ1v) is 7.37. The quantitative estimate of drug-likeness (QED) is 0.852. The lowest BCUT2D eigenvalue weighted by Crippen LogP contribution is -2.33. The van der Waals surface area contributed by atoms with E-state index >= 15 is 0 Å². The fraction of sp³-hybridized carbons (Fsp3) is 0.375. The fourth-order valence-corrected chi connectivity index (χ4v) is 2.58. The van der Waals surface area contributed by atoms with Gasteiger partial charge in [-0.2, -0.15) is 10.2 Å². The number of nitrogens with zero attached hydrogens (tertiary/aromatic N) is 4. The standard InChI is InChI=1S/C16H16N4O3/c1-11-18-16(23-19-11)13-6-7-20(9-13)15(21)10-22-14-5-3-2-4-12(14)8-17/h2-5,13H,6-7,9-10H2,1H3. The van der Waals surface area contributed by atoms with E-state index in [-0.39, 0.29) is 18.4 Å². The van der Waals surface area contributed by atoms with Crippen LogP contribution in [0.1, 0.15) is 29.6 Å². The average molecular weight is 312 g/mol. The van der Waals surface area contributed by atoms with Crippen molar-refractivity contribution in [2.75, 3.05) is 19.7 Å². The van der Waals surface area contributed by atoms with Crippen LogP contribution in [0.3, 0.4) is 0 Å². The molecule has 1 aliphatic rings. The average Bonchev–Trinajstić information content (AvgIpc) is 3.21. The Hall–Kier alpha value is -2.88. The van der Waals surface area contributed by atoms with Gasteiger partial charge in [-0.25, -0.2) is 0 Å². The van der Waals surface area contributed by atoms with Gasteiger partial charge in [0.1, 0.15) is 11.8 Å². The Kier molecular flexibility index (Phi) is 4.24. The van der Waals surface area contributed by atoms with Crippen LogP contribution in [-0.2, 0) is 4.79 Å². The van der Waals surface area contributed by atoms with Crippen molar-refractivity contribution in [3.05, 3.63) is 41.5 Å². The van der Waals surface area contributed by atoms with E-state index in [1.54, 1.807) is 36.1 Å². The zero-order valence-corrected chi connectivity index (χ0v) is 12.7. The number of hydrogen-bond acceptors (Lipinski definition) is 6. The van der Waals surface area contributed by atoms with Crippen LogP contribution >= 0.6 is 0 Å². The highest BCUT2D eigenvalue weighted by atomic mass is 16.5. The number of rotatable bonds is 4. The Bertz CT molecular complexity index is 750. The van der Waals surface area contributed by atoms with Gasteiger partial charge >= 0.3 is 0 Å². The number of carbonyl (C=O) groups excluding carboxylic acids is 1. The Morgan fingerprint density at radius 1 is 1.52 bits per heavy atom. The van der Waals surface area contributed by atoms with Gasteiger partial charge in [-0.1, -0.05) is 17.3 Å². The predicted molar refractivity (Wildman–Crippen MR) is 79.6 cm³/mol. The molecule has 1 aromatic carbocycles. The topological polar surface area (TPSA) is 92.3 Å². The monoisotopic (exact) mass is 312 g/mol. The van der Waals surface area contributed by atoms with Crippen molar-refractivity contribution in [1.82, 2.24) is 15.0 Å². The van der Waals surface area contributed by atoms with Gasteiger partial charge in [0.05, 0.1) is 11.5 Å². The van der Waals surface area contributed by atoms with Gasteiger partial charge in [0.15, 0.2) is 12.4 Å². The van der Waals surface area contributed by atoms with Crippen LogP contribution < -0.4 is 4.74 Å². The summed E-state index contributed by atoms with van der Waals surface area (Å²) in [6.07, 6.45) is 0.794. The van der Waals surface area contributed by atoms with Crippen molar-refractivity contribution in [2.45, 2.75) is 19.3 Å². The molecule has 3 rings (SSSR count). The lowest BCUT2D eigenvalue weighted by atomic mass is 10.1. The van der Waals surface area contributed by atoms with Crippen molar-refractivity contribution in [3.8, 4) is 11.8 Å². The SMILES string of the molecule is Cc1noc(C2CCN(C(=O)COc3ccccc3C#N)C2)n1. The number of aryl methyl sites for hydroxylation is 1. The molecule has 23 heavy (non-hydrogen) atoms. The molecule has 2 heterocycles. The zero-order chi connectivity index (χ0) is 16.2. The van der Waals surface area contributed by atoms with Gasteiger partial charge in [-0.3, -0.25) is 4.79 Å². The van der Waals surface area contributed by atoms with Crippen LogP contribution in [0, 0.1) is 18.3 Å². The maximum atomic E-state index is 12.3. The molecule has 7 heteroatoms. The zero-order valence-electron chi connectivity index (χ0n) is 12.7. The lowest BCUT2D eigenvalue weighted by molar-refractivity contribution is -0.132. The molecular formula is C16H16N4O3. The summed E-state index contributed by atoms with van der Waals surface area (Å²) in [7, 11) is 0. The van der Waals surface area contributed by atoms with Gasteiger partial charge in [-0.15, -0.1) is 0 Å². The van der Waals surface area contributed by atoms with Gasteiger partial charge in [0.2, 0.25) is 5.89 Å². The van der Waals surface area contributed by atoms with E-state index in [1.807, 2.05) is 6.07 Å². The molecule has 0 bridgehead atoms. The van der Waals surface area contributed by atoms with Crippen molar-refractivity contribution >= 4 is 5.91 Å². The van der Waals surface area contributed by atoms with E-state index < -0.39 is 0 Å². The number of para-hydroxylation sites is 1. The van der Waals surface area contributed by atoms with E-state index in [0.717, 1.165) is 6.42 Å². The summed E-state index contributed by atoms with van der Waals surface area (Å²) < 4.78 is 10.7. The highest BCUT2D eigenvalue weighted by Gasteiger charge is 2.31. The number of likely N-dealkylation sites (tertiary alicyclic amines) is 1. The summed E-state index contributed by atoms with van der Waals surface area (Å²) in [5.41, 5.74) is 0.418. The number of amides is 1. The molecule has 1 aliphatic heterocycles. The molecule has 1 saturated heterocycles. The molecule has 2 aromatic rings. The molecule has 1 amide bonds. The molecule has 0 saturated carbocycles. The van der Waals surface area contributed by atoms with Gasteiger partial charge in [0.25, 0.3) is 5.91 Å². The van der Waals surface area contributed by atoms with Gasteiger partial charge in [0, 0.05) is 13.1 Å². The third-order valence-electron chi connectivity index (χ3n) is 3.79. The van der Waals surface area contributed by atoms with Crippen molar-refractivity contribution in [3.63, 3.8) is 0 Å². The Balaban J connectivity index is 1.56. The summed E-state index contributed by atoms with van der Waals surface area (Å²) in [5.74, 6) is 1.56. The largest absolute Gasteiger partial charge is 0.482 e. The van der Waals surface area contributed by atoms with E-state index in [1.165, 1.54) is 0 Å². The third kappa shape index (κ3) is 3.31. The summed E-state index contributed by atoms with van der Waals surface area (Å²) in [6, 6.07) is 8.90. The van der Waals surface area contributed by atoms with Crippen molar-refractivity contribution in [1.29, 1.82) is 5.26 Å². The maximum absolute atomic E-state index is 12.3. The number of aromatic nitrogens is 2. The van der Waals surface area contributed by atoms with Crippen LogP contribution in [0.25, 0.3) is 0 Å². The van der Waals surface area contributed by atoms with Crippen molar-refractivity contribution < 1.29 is 14.1 Å². The number of ether oxygens (including phenoxy) is 1. The van der Waals surface area contributed by atoms with Crippen LogP contribution in [0.4, 0.5) is 0 Å². The summed E-state index contributed by atoms with van der Waals surface area (Å²) in [6.45, 7) is 2.86. The number of hydrogen-bond donors (Lipinski definition) is 0. The van der Waals surface area contributed by atoms with Crippen LogP contribution in [-0.4, -0.2) is 40.6 Å². The Labute approximate surface area is 133 Å². The summed E-state index contributed by atoms with van der Waals surface area (Å²) in [5, 5.41) is 12.8. The number of nitriles is 1. The van der Waals surface area contributed by atoms with Gasteiger partial charge in [-0.05, 0) is 25.5 Å². The molecule has 0 aliphatic carbocycles. The Morgan fingerprint density at radius 2 is 2.35 bits per heavy atom. The first-order valence-electron chi connectivity index (χ1n) is 7.37. The molecule has 1 aromatic heterocycles. The highest BCUT2D eigenvalue weighted by molar-refractivity contribution is 5.78. The normalized spacial score (nSPS) is 17.0. The lowest BCUT2D eigenvalue weighted by Gasteiger charge is -2.16. The van der Waals surface area contributed by atoms with Gasteiger partial charge < -0.3 is 14.2 Å². The summed E-state index contributed by atoms with van der Waals surface area (Å²) in [4.78, 5) is 18.2. The molecule has 0 N–H and O–H groups in total. The van der Waals surface area contributed by atoms with E-state index in [2.05, 4.69) is 10.1 Å². The predicted octanol–water partition coefficient (Wildman–Crippen LogP) is 1.64. The molecule has 0 spiro atoms. The first-order chi connectivity index (χ1) is 11.2. The maximum Gasteiger partial charge on any atom is 0.260 e. The molecule has 118 valence electrons. The van der Waals surface area contributed by atoms with E-state index in [9.17, 15) is 4.79 Å². The fourth-order valence-electron chi connectivity index (χ4n) is 2.58. The second-order valence-corrected chi connectivity index (χ2v) is 5.40. The minimum absolute atomic E-state index is 0.0755. The van der Waals surface area contributed by atoms with E-state index in [4.69, 9.17) is 14.5 Å². The minimum atomic E-state index is -0.114. The smallest absolute Gasteiger partial charge is 0.260 e. The molecule has 7 nitrogen and oxygen atoms in total. The van der Waals surface area contributed by atoms with Crippen LogP contribution in [0.2, 0.25) is 0 Å². The second-order valence-electron chi connectivity index (χ2n) is 5.40. The molecule has 1 unspecified atom stereocenters. The number of carbonyl (C=O) groups is 1. The molecule has 1 fully saturated rings.